The van der Waals surface area contributed by atoms with Gasteiger partial charge in [0.2, 0.25) is 0 Å². The first kappa shape index (κ1) is 52.9. The molecule has 5 rings (SSSR count). The van der Waals surface area contributed by atoms with Gasteiger partial charge in [-0.3, -0.25) is 0 Å². The van der Waals surface area contributed by atoms with Gasteiger partial charge in [0.05, 0.1) is 29.9 Å². The lowest BCUT2D eigenvalue weighted by atomic mass is 9.71. The lowest BCUT2D eigenvalue weighted by Crippen LogP contribution is -2.43. The number of nitrogens with zero attached hydrogens (tertiary/aromatic N) is 4. The first-order valence-corrected chi connectivity index (χ1v) is 21.2. The molecule has 1 atom stereocenters. The van der Waals surface area contributed by atoms with Crippen molar-refractivity contribution >= 4 is 17.7 Å². The average molecular weight is 965 g/mol. The minimum atomic E-state index is -5.26. The summed E-state index contributed by atoms with van der Waals surface area (Å²) in [5.41, 5.74) is -7.65. The Morgan fingerprint density at radius 3 is 2.03 bits per heavy atom. The molecule has 0 bridgehead atoms. The molecule has 0 radical (unpaired) electrons. The van der Waals surface area contributed by atoms with E-state index in [4.69, 9.17) is 18.9 Å². The highest BCUT2D eigenvalue weighted by molar-refractivity contribution is 5.90. The number of anilines is 1. The van der Waals surface area contributed by atoms with Crippen molar-refractivity contribution in [2.24, 2.45) is 5.41 Å². The van der Waals surface area contributed by atoms with E-state index in [9.17, 15) is 46.9 Å². The van der Waals surface area contributed by atoms with Crippen LogP contribution in [0.15, 0.2) is 136 Å². The molecule has 1 heterocycles. The molecule has 0 spiro atoms. The van der Waals surface area contributed by atoms with Crippen LogP contribution in [0, 0.1) is 39.4 Å². The van der Waals surface area contributed by atoms with Crippen LogP contribution >= 0.6 is 0 Å². The predicted octanol–water partition coefficient (Wildman–Crippen LogP) is 12.6. The smallest absolute Gasteiger partial charge is 0.437 e. The lowest BCUT2D eigenvalue weighted by molar-refractivity contribution is -0.249. The number of nitriles is 3. The number of hydrogen-bond donors (Lipinski definition) is 0. The number of methoxy groups -OCH3 is 1. The van der Waals surface area contributed by atoms with Gasteiger partial charge in [0.25, 0.3) is 5.60 Å². The number of carbonyl (C=O) groups is 1. The topological polar surface area (TPSA) is 129 Å². The Balaban J connectivity index is 1.61. The third-order valence-electron chi connectivity index (χ3n) is 11.2. The van der Waals surface area contributed by atoms with Crippen molar-refractivity contribution in [3.05, 3.63) is 164 Å². The van der Waals surface area contributed by atoms with Crippen LogP contribution in [-0.4, -0.2) is 52.4 Å². The van der Waals surface area contributed by atoms with Crippen LogP contribution in [0.1, 0.15) is 72.6 Å². The summed E-state index contributed by atoms with van der Waals surface area (Å²) in [6.45, 7) is 7.17. The monoisotopic (exact) mass is 964 g/mol. The highest BCUT2D eigenvalue weighted by Gasteiger charge is 2.65. The predicted molar refractivity (Wildman–Crippen MR) is 236 cm³/mol. The van der Waals surface area contributed by atoms with Crippen LogP contribution in [0.25, 0.3) is 6.08 Å². The van der Waals surface area contributed by atoms with E-state index >= 15 is 13.2 Å². The second-order valence-electron chi connectivity index (χ2n) is 16.5. The number of halogens is 9. The van der Waals surface area contributed by atoms with Gasteiger partial charge in [0.15, 0.2) is 11.3 Å². The molecule has 0 N–H and O–H groups in total. The van der Waals surface area contributed by atoms with E-state index in [0.717, 1.165) is 29.5 Å². The summed E-state index contributed by atoms with van der Waals surface area (Å²) < 4.78 is 149. The molecule has 1 aliphatic heterocycles. The fourth-order valence-corrected chi connectivity index (χ4v) is 8.03. The number of likely N-dealkylation sites (N-methyl/N-ethyl adjacent to an activating group) is 1. The van der Waals surface area contributed by atoms with Crippen molar-refractivity contribution in [1.29, 1.82) is 15.8 Å². The number of alkyl halides is 9. The summed E-state index contributed by atoms with van der Waals surface area (Å²) in [5.74, 6) is -2.32. The minimum absolute atomic E-state index is 0.115. The van der Waals surface area contributed by atoms with Crippen LogP contribution in [-0.2, 0) is 36.9 Å². The molecular weight excluding hydrogens is 920 g/mol. The molecule has 1 aliphatic carbocycles. The molecule has 18 heteroatoms. The Labute approximate surface area is 392 Å². The third-order valence-corrected chi connectivity index (χ3v) is 11.2. The van der Waals surface area contributed by atoms with Crippen molar-refractivity contribution in [2.75, 3.05) is 45.1 Å². The van der Waals surface area contributed by atoms with Gasteiger partial charge in [-0.1, -0.05) is 86.7 Å². The summed E-state index contributed by atoms with van der Waals surface area (Å²) in [7, 11) is 1.52. The summed E-state index contributed by atoms with van der Waals surface area (Å²) in [4.78, 5) is 15.2. The van der Waals surface area contributed by atoms with E-state index in [0.29, 0.717) is 42.8 Å². The Bertz CT molecular complexity index is 2640. The number of allylic oxidation sites excluding steroid dienone is 7. The largest absolute Gasteiger partial charge is 0.465 e. The molecule has 0 aromatic heterocycles. The maximum Gasteiger partial charge on any atom is 0.437 e. The Morgan fingerprint density at radius 1 is 0.841 bits per heavy atom. The average Bonchev–Trinajstić information content (AvgIpc) is 3.64. The van der Waals surface area contributed by atoms with E-state index in [-0.39, 0.29) is 37.8 Å². The van der Waals surface area contributed by atoms with Crippen molar-refractivity contribution in [3.63, 3.8) is 0 Å². The molecule has 3 aromatic rings. The normalized spacial score (nSPS) is 18.1. The van der Waals surface area contributed by atoms with Crippen LogP contribution in [0.2, 0.25) is 0 Å². The zero-order valence-electron chi connectivity index (χ0n) is 37.7. The second-order valence-corrected chi connectivity index (χ2v) is 16.5. The van der Waals surface area contributed by atoms with Crippen molar-refractivity contribution in [3.8, 4) is 18.2 Å². The van der Waals surface area contributed by atoms with E-state index in [1.807, 2.05) is 51.1 Å². The number of carbonyl (C=O) groups excluding carboxylic acids is 1. The van der Waals surface area contributed by atoms with E-state index in [1.165, 1.54) is 49.6 Å². The fraction of sp³-hybridized carbons (Fsp3) is 0.333. The zero-order valence-corrected chi connectivity index (χ0v) is 37.7. The summed E-state index contributed by atoms with van der Waals surface area (Å²) in [5, 5.41) is 29.5. The Hall–Kier alpha value is -7.07. The standard InChI is InChI=1S/C51H45F9N4O5/c1-5-64(21-23-67-32-66-4)41-18-15-33(16-19-41)14-17-35-28-47(2,3)27-34(42(35)20-22-68-46(65)36-24-39(49(52,53)54)26-40(25-36)50(55,56)57)10-9-13-44-43(31-63)45(37(29-61)30-62)69-48(44,51(58,59)60)38-11-7-6-8-12-38/h6-19,24-26H,5,20-23,27-28,32H2,1-4H3/b13-9+,17-14+,34-10+. The first-order valence-electron chi connectivity index (χ1n) is 21.2. The van der Waals surface area contributed by atoms with Gasteiger partial charge in [0.1, 0.15) is 30.6 Å². The molecule has 0 saturated heterocycles. The molecule has 3 aromatic carbocycles. The fourth-order valence-electron chi connectivity index (χ4n) is 8.03. The van der Waals surface area contributed by atoms with Crippen molar-refractivity contribution < 1.29 is 63.3 Å². The SMILES string of the molecule is CCN(CCOCOC)c1ccc(/C=C/C2=C(CCOC(=O)c3cc(C(F)(F)F)cc(C(F)(F)F)c3)C(=C/C=C/C3=C(C#N)C(=C(C#N)C#N)OC3(c3ccccc3)C(F)(F)F)/CC(C)(C)C2)cc1. The molecule has 0 saturated carbocycles. The second kappa shape index (κ2) is 21.9. The Morgan fingerprint density at radius 2 is 1.48 bits per heavy atom. The number of esters is 1. The Kier molecular flexibility index (Phi) is 16.8. The van der Waals surface area contributed by atoms with Gasteiger partial charge in [-0.05, 0) is 77.8 Å². The molecular formula is C51H45F9N4O5. The van der Waals surface area contributed by atoms with Gasteiger partial charge >= 0.3 is 24.5 Å². The number of hydrogen-bond acceptors (Lipinski definition) is 9. The first-order chi connectivity index (χ1) is 32.5. The highest BCUT2D eigenvalue weighted by atomic mass is 19.4. The van der Waals surface area contributed by atoms with E-state index in [1.54, 1.807) is 12.1 Å². The van der Waals surface area contributed by atoms with Crippen LogP contribution in [0.4, 0.5) is 45.2 Å². The van der Waals surface area contributed by atoms with Crippen LogP contribution in [0.5, 0.6) is 0 Å². The van der Waals surface area contributed by atoms with Crippen LogP contribution in [0.3, 0.4) is 0 Å². The third kappa shape index (κ3) is 12.5. The van der Waals surface area contributed by atoms with Crippen molar-refractivity contribution in [2.45, 2.75) is 64.2 Å². The molecule has 1 unspecified atom stereocenters. The van der Waals surface area contributed by atoms with Gasteiger partial charge in [-0.15, -0.1) is 0 Å². The van der Waals surface area contributed by atoms with Gasteiger partial charge in [0, 0.05) is 43.4 Å². The highest BCUT2D eigenvalue weighted by Crippen LogP contribution is 2.56. The number of rotatable bonds is 16. The van der Waals surface area contributed by atoms with E-state index in [2.05, 4.69) is 4.90 Å². The maximum absolute atomic E-state index is 15.5. The molecule has 0 amide bonds. The lowest BCUT2D eigenvalue weighted by Gasteiger charge is -2.34. The summed E-state index contributed by atoms with van der Waals surface area (Å²) in [6, 6.07) is 19.0. The molecule has 362 valence electrons. The molecule has 69 heavy (non-hydrogen) atoms. The number of ether oxygens (including phenoxy) is 4. The van der Waals surface area contributed by atoms with Gasteiger partial charge < -0.3 is 23.8 Å². The number of benzene rings is 3. The summed E-state index contributed by atoms with van der Waals surface area (Å²) in [6.07, 6.45) is -7.84. The maximum atomic E-state index is 15.5. The van der Waals surface area contributed by atoms with Crippen LogP contribution < -0.4 is 4.90 Å². The molecule has 2 aliphatic rings. The quantitative estimate of drug-likeness (QED) is 0.0453. The minimum Gasteiger partial charge on any atom is -0.465 e. The van der Waals surface area contributed by atoms with Crippen molar-refractivity contribution in [1.82, 2.24) is 0 Å². The van der Waals surface area contributed by atoms with E-state index < -0.39 is 86.9 Å². The molecule has 9 nitrogen and oxygen atoms in total. The zero-order chi connectivity index (χ0) is 50.8. The van der Waals surface area contributed by atoms with Gasteiger partial charge in [-0.2, -0.15) is 55.3 Å². The molecule has 0 fully saturated rings. The summed E-state index contributed by atoms with van der Waals surface area (Å²) >= 11 is 0. The van der Waals surface area contributed by atoms with Gasteiger partial charge in [-0.25, -0.2) is 4.79 Å².